The molecule has 0 radical (unpaired) electrons. The first-order chi connectivity index (χ1) is 11.8. The summed E-state index contributed by atoms with van der Waals surface area (Å²) >= 11 is 0. The van der Waals surface area contributed by atoms with Gasteiger partial charge in [-0.25, -0.2) is 0 Å². The van der Waals surface area contributed by atoms with Gasteiger partial charge in [-0.2, -0.15) is 0 Å². The van der Waals surface area contributed by atoms with Gasteiger partial charge >= 0.3 is 0 Å². The zero-order valence-corrected chi connectivity index (χ0v) is 14.1. The minimum Gasteiger partial charge on any atom is -0.489 e. The topological polar surface area (TPSA) is 41.6 Å². The van der Waals surface area contributed by atoms with Gasteiger partial charge in [0, 0.05) is 30.3 Å². The van der Waals surface area contributed by atoms with Crippen molar-refractivity contribution < 1.29 is 9.53 Å². The Labute approximate surface area is 143 Å². The van der Waals surface area contributed by atoms with E-state index in [1.165, 1.54) is 0 Å². The predicted molar refractivity (Wildman–Crippen MR) is 95.2 cm³/mol. The van der Waals surface area contributed by atoms with Crippen LogP contribution in [-0.4, -0.2) is 37.0 Å². The van der Waals surface area contributed by atoms with Crippen LogP contribution in [0, 0.1) is 0 Å². The predicted octanol–water partition coefficient (Wildman–Crippen LogP) is 3.09. The van der Waals surface area contributed by atoms with E-state index in [0.29, 0.717) is 12.6 Å². The fourth-order valence-electron chi connectivity index (χ4n) is 3.10. The van der Waals surface area contributed by atoms with Crippen LogP contribution in [0.1, 0.15) is 28.8 Å². The maximum Gasteiger partial charge on any atom is 0.254 e. The van der Waals surface area contributed by atoms with Crippen LogP contribution in [0.2, 0.25) is 0 Å². The second kappa shape index (κ2) is 7.97. The number of amides is 1. The molecule has 1 heterocycles. The smallest absolute Gasteiger partial charge is 0.254 e. The van der Waals surface area contributed by atoms with Crippen molar-refractivity contribution in [2.75, 3.05) is 20.1 Å². The molecule has 1 aliphatic heterocycles. The lowest BCUT2D eigenvalue weighted by molar-refractivity contribution is 0.0695. The molecule has 1 fully saturated rings. The molecular weight excluding hydrogens is 300 g/mol. The number of hydrogen-bond donors (Lipinski definition) is 1. The molecule has 24 heavy (non-hydrogen) atoms. The first kappa shape index (κ1) is 16.5. The van der Waals surface area contributed by atoms with E-state index in [1.54, 1.807) is 0 Å². The first-order valence-corrected chi connectivity index (χ1v) is 8.50. The number of para-hydroxylation sites is 1. The van der Waals surface area contributed by atoms with E-state index in [4.69, 9.17) is 4.74 Å². The lowest BCUT2D eigenvalue weighted by Crippen LogP contribution is -2.47. The molecule has 3 rings (SSSR count). The maximum atomic E-state index is 12.9. The summed E-state index contributed by atoms with van der Waals surface area (Å²) in [5.41, 5.74) is 1.67. The third-order valence-corrected chi connectivity index (χ3v) is 4.50. The van der Waals surface area contributed by atoms with Gasteiger partial charge < -0.3 is 15.0 Å². The van der Waals surface area contributed by atoms with Crippen molar-refractivity contribution in [3.8, 4) is 5.75 Å². The van der Waals surface area contributed by atoms with E-state index in [9.17, 15) is 4.79 Å². The van der Waals surface area contributed by atoms with Gasteiger partial charge in [-0.1, -0.05) is 36.4 Å². The highest BCUT2D eigenvalue weighted by Gasteiger charge is 2.24. The van der Waals surface area contributed by atoms with Crippen LogP contribution in [0.4, 0.5) is 0 Å². The van der Waals surface area contributed by atoms with Crippen molar-refractivity contribution in [1.29, 1.82) is 0 Å². The van der Waals surface area contributed by atoms with Gasteiger partial charge in [0.25, 0.3) is 5.91 Å². The van der Waals surface area contributed by atoms with Crippen LogP contribution in [0.5, 0.6) is 5.75 Å². The SMILES string of the molecule is CNC1CCCN(C(=O)c2ccccc2COc2ccccc2)C1. The number of carbonyl (C=O) groups excluding carboxylic acids is 1. The van der Waals surface area contributed by atoms with Gasteiger partial charge in [0.1, 0.15) is 12.4 Å². The molecule has 1 aliphatic rings. The molecule has 1 saturated heterocycles. The number of piperidine rings is 1. The molecule has 4 nitrogen and oxygen atoms in total. The number of benzene rings is 2. The standard InChI is InChI=1S/C20H24N2O2/c1-21-17-9-7-13-22(14-17)20(23)19-12-6-5-8-16(19)15-24-18-10-3-2-4-11-18/h2-6,8,10-12,17,21H,7,9,13-15H2,1H3. The number of hydrogen-bond acceptors (Lipinski definition) is 3. The van der Waals surface area contributed by atoms with Gasteiger partial charge in [-0.15, -0.1) is 0 Å². The molecule has 0 aromatic heterocycles. The van der Waals surface area contributed by atoms with Crippen molar-refractivity contribution in [2.45, 2.75) is 25.5 Å². The molecule has 0 bridgehead atoms. The van der Waals surface area contributed by atoms with Gasteiger partial charge in [-0.3, -0.25) is 4.79 Å². The van der Waals surface area contributed by atoms with Crippen LogP contribution >= 0.6 is 0 Å². The molecule has 0 spiro atoms. The zero-order valence-electron chi connectivity index (χ0n) is 14.1. The highest BCUT2D eigenvalue weighted by molar-refractivity contribution is 5.95. The molecular formula is C20H24N2O2. The summed E-state index contributed by atoms with van der Waals surface area (Å²) in [5.74, 6) is 0.912. The molecule has 4 heteroatoms. The monoisotopic (exact) mass is 324 g/mol. The summed E-state index contributed by atoms with van der Waals surface area (Å²) in [4.78, 5) is 14.9. The van der Waals surface area contributed by atoms with E-state index in [1.807, 2.05) is 66.5 Å². The van der Waals surface area contributed by atoms with Crippen molar-refractivity contribution in [2.24, 2.45) is 0 Å². The Hall–Kier alpha value is -2.33. The normalized spacial score (nSPS) is 17.5. The number of likely N-dealkylation sites (tertiary alicyclic amines) is 1. The summed E-state index contributed by atoms with van der Waals surface area (Å²) in [6.45, 7) is 1.99. The fourth-order valence-corrected chi connectivity index (χ4v) is 3.10. The Balaban J connectivity index is 1.72. The van der Waals surface area contributed by atoms with Crippen molar-refractivity contribution in [1.82, 2.24) is 10.2 Å². The van der Waals surface area contributed by atoms with Crippen LogP contribution in [-0.2, 0) is 6.61 Å². The van der Waals surface area contributed by atoms with Crippen LogP contribution in [0.15, 0.2) is 54.6 Å². The van der Waals surface area contributed by atoms with Gasteiger partial charge in [0.2, 0.25) is 0 Å². The Kier molecular flexibility index (Phi) is 5.49. The third-order valence-electron chi connectivity index (χ3n) is 4.50. The third kappa shape index (κ3) is 3.95. The van der Waals surface area contributed by atoms with Crippen molar-refractivity contribution >= 4 is 5.91 Å². The number of likely N-dealkylation sites (N-methyl/N-ethyl adjacent to an activating group) is 1. The molecule has 1 unspecified atom stereocenters. The largest absolute Gasteiger partial charge is 0.489 e. The molecule has 1 N–H and O–H groups in total. The fraction of sp³-hybridized carbons (Fsp3) is 0.350. The Morgan fingerprint density at radius 1 is 1.17 bits per heavy atom. The lowest BCUT2D eigenvalue weighted by Gasteiger charge is -2.33. The lowest BCUT2D eigenvalue weighted by atomic mass is 10.0. The summed E-state index contributed by atoms with van der Waals surface area (Å²) in [6.07, 6.45) is 2.17. The summed E-state index contributed by atoms with van der Waals surface area (Å²) in [7, 11) is 1.96. The van der Waals surface area contributed by atoms with E-state index in [2.05, 4.69) is 5.32 Å². The summed E-state index contributed by atoms with van der Waals surface area (Å²) in [6, 6.07) is 17.8. The average molecular weight is 324 g/mol. The molecule has 0 aliphatic carbocycles. The van der Waals surface area contributed by atoms with Gasteiger partial charge in [0.15, 0.2) is 0 Å². The van der Waals surface area contributed by atoms with Crippen LogP contribution in [0.3, 0.4) is 0 Å². The van der Waals surface area contributed by atoms with E-state index in [-0.39, 0.29) is 5.91 Å². The van der Waals surface area contributed by atoms with Crippen LogP contribution in [0.25, 0.3) is 0 Å². The zero-order chi connectivity index (χ0) is 16.8. The van der Waals surface area contributed by atoms with Gasteiger partial charge in [0.05, 0.1) is 0 Å². The molecule has 1 amide bonds. The molecule has 2 aromatic carbocycles. The quantitative estimate of drug-likeness (QED) is 0.919. The second-order valence-electron chi connectivity index (χ2n) is 6.14. The average Bonchev–Trinajstić information content (AvgIpc) is 2.67. The highest BCUT2D eigenvalue weighted by atomic mass is 16.5. The van der Waals surface area contributed by atoms with Crippen LogP contribution < -0.4 is 10.1 Å². The van der Waals surface area contributed by atoms with Gasteiger partial charge in [-0.05, 0) is 38.1 Å². The van der Waals surface area contributed by atoms with Crippen molar-refractivity contribution in [3.63, 3.8) is 0 Å². The Bertz CT molecular complexity index is 672. The first-order valence-electron chi connectivity index (χ1n) is 8.50. The Morgan fingerprint density at radius 2 is 1.92 bits per heavy atom. The van der Waals surface area contributed by atoms with Crippen molar-refractivity contribution in [3.05, 3.63) is 65.7 Å². The molecule has 1 atom stereocenters. The minimum atomic E-state index is 0.0993. The molecule has 0 saturated carbocycles. The minimum absolute atomic E-state index is 0.0993. The summed E-state index contributed by atoms with van der Waals surface area (Å²) in [5, 5.41) is 3.28. The number of rotatable bonds is 5. The molecule has 126 valence electrons. The van der Waals surface area contributed by atoms with E-state index in [0.717, 1.165) is 42.8 Å². The number of nitrogens with zero attached hydrogens (tertiary/aromatic N) is 1. The van der Waals surface area contributed by atoms with E-state index < -0.39 is 0 Å². The number of nitrogens with one attached hydrogen (secondary N) is 1. The molecule has 2 aromatic rings. The second-order valence-corrected chi connectivity index (χ2v) is 6.14. The maximum absolute atomic E-state index is 12.9. The highest BCUT2D eigenvalue weighted by Crippen LogP contribution is 2.19. The Morgan fingerprint density at radius 3 is 2.71 bits per heavy atom. The number of ether oxygens (including phenoxy) is 1. The van der Waals surface area contributed by atoms with E-state index >= 15 is 0 Å². The summed E-state index contributed by atoms with van der Waals surface area (Å²) < 4.78 is 5.83. The number of carbonyl (C=O) groups is 1.